The number of aryl methyl sites for hydroxylation is 1. The van der Waals surface area contributed by atoms with Gasteiger partial charge in [0.05, 0.1) is 5.01 Å². The van der Waals surface area contributed by atoms with Crippen LogP contribution in [0.4, 0.5) is 0 Å². The van der Waals surface area contributed by atoms with Crippen LogP contribution in [0.15, 0.2) is 6.20 Å². The minimum Gasteiger partial charge on any atom is -0.327 e. The van der Waals surface area contributed by atoms with E-state index in [0.717, 1.165) is 11.4 Å². The Morgan fingerprint density at radius 2 is 2.25 bits per heavy atom. The molecule has 0 aliphatic heterocycles. The van der Waals surface area contributed by atoms with Crippen molar-refractivity contribution in [2.24, 2.45) is 11.7 Å². The van der Waals surface area contributed by atoms with Crippen LogP contribution in [-0.4, -0.2) is 11.0 Å². The fourth-order valence-corrected chi connectivity index (χ4v) is 1.83. The molecule has 0 saturated carbocycles. The van der Waals surface area contributed by atoms with Crippen LogP contribution >= 0.6 is 11.3 Å². The van der Waals surface area contributed by atoms with E-state index in [1.165, 1.54) is 4.88 Å². The summed E-state index contributed by atoms with van der Waals surface area (Å²) >= 11 is 1.74. The quantitative estimate of drug-likeness (QED) is 0.780. The molecule has 0 radical (unpaired) electrons. The predicted molar refractivity (Wildman–Crippen MR) is 53.4 cm³/mol. The Labute approximate surface area is 77.8 Å². The van der Waals surface area contributed by atoms with Gasteiger partial charge >= 0.3 is 0 Å². The molecule has 0 spiro atoms. The highest BCUT2D eigenvalue weighted by atomic mass is 32.1. The van der Waals surface area contributed by atoms with Crippen molar-refractivity contribution in [3.8, 4) is 0 Å². The summed E-state index contributed by atoms with van der Waals surface area (Å²) in [5.74, 6) is 0.549. The van der Waals surface area contributed by atoms with Crippen LogP contribution in [-0.2, 0) is 6.42 Å². The summed E-state index contributed by atoms with van der Waals surface area (Å²) in [6, 6.07) is 0.268. The maximum Gasteiger partial charge on any atom is 0.0896 e. The van der Waals surface area contributed by atoms with Gasteiger partial charge in [-0.05, 0) is 19.3 Å². The minimum absolute atomic E-state index is 0.268. The van der Waals surface area contributed by atoms with Gasteiger partial charge in [-0.25, -0.2) is 4.98 Å². The molecule has 0 aliphatic carbocycles. The van der Waals surface area contributed by atoms with E-state index in [2.05, 4.69) is 18.8 Å². The molecule has 2 N–H and O–H groups in total. The van der Waals surface area contributed by atoms with Gasteiger partial charge in [-0.1, -0.05) is 13.8 Å². The molecule has 0 aliphatic rings. The molecule has 68 valence electrons. The van der Waals surface area contributed by atoms with Gasteiger partial charge in [-0.15, -0.1) is 11.3 Å². The van der Waals surface area contributed by atoms with Gasteiger partial charge < -0.3 is 5.73 Å². The summed E-state index contributed by atoms with van der Waals surface area (Å²) in [6.45, 7) is 6.33. The SMILES string of the molecule is Cc1ncc(CC(N)C(C)C)s1. The Morgan fingerprint density at radius 1 is 1.58 bits per heavy atom. The maximum atomic E-state index is 5.94. The van der Waals surface area contributed by atoms with Crippen molar-refractivity contribution in [3.63, 3.8) is 0 Å². The van der Waals surface area contributed by atoms with Gasteiger partial charge in [-0.2, -0.15) is 0 Å². The number of hydrogen-bond acceptors (Lipinski definition) is 3. The monoisotopic (exact) mass is 184 g/mol. The van der Waals surface area contributed by atoms with E-state index < -0.39 is 0 Å². The topological polar surface area (TPSA) is 38.9 Å². The lowest BCUT2D eigenvalue weighted by Crippen LogP contribution is -2.28. The van der Waals surface area contributed by atoms with E-state index in [-0.39, 0.29) is 6.04 Å². The van der Waals surface area contributed by atoms with Crippen molar-refractivity contribution in [1.29, 1.82) is 0 Å². The summed E-state index contributed by atoms with van der Waals surface area (Å²) in [6.07, 6.45) is 2.89. The first-order valence-electron chi connectivity index (χ1n) is 4.26. The van der Waals surface area contributed by atoms with Crippen LogP contribution in [0.25, 0.3) is 0 Å². The van der Waals surface area contributed by atoms with Crippen LogP contribution in [0.5, 0.6) is 0 Å². The molecule has 1 heterocycles. The Kier molecular flexibility index (Phi) is 3.23. The highest BCUT2D eigenvalue weighted by molar-refractivity contribution is 7.11. The zero-order valence-corrected chi connectivity index (χ0v) is 8.69. The minimum atomic E-state index is 0.268. The fourth-order valence-electron chi connectivity index (χ4n) is 0.968. The Morgan fingerprint density at radius 3 is 2.67 bits per heavy atom. The number of nitrogens with zero attached hydrogens (tertiary/aromatic N) is 1. The van der Waals surface area contributed by atoms with Crippen LogP contribution < -0.4 is 5.73 Å². The molecule has 0 saturated heterocycles. The molecule has 3 heteroatoms. The molecule has 1 aromatic heterocycles. The van der Waals surface area contributed by atoms with E-state index in [1.54, 1.807) is 11.3 Å². The number of thiazole rings is 1. The van der Waals surface area contributed by atoms with Gasteiger partial charge in [0.1, 0.15) is 0 Å². The van der Waals surface area contributed by atoms with Crippen molar-refractivity contribution in [1.82, 2.24) is 4.98 Å². The van der Waals surface area contributed by atoms with Crippen molar-refractivity contribution in [3.05, 3.63) is 16.1 Å². The molecule has 0 amide bonds. The number of nitrogens with two attached hydrogens (primary N) is 1. The van der Waals surface area contributed by atoms with E-state index >= 15 is 0 Å². The molecule has 1 rings (SSSR count). The van der Waals surface area contributed by atoms with Crippen molar-refractivity contribution in [2.75, 3.05) is 0 Å². The summed E-state index contributed by atoms with van der Waals surface area (Å²) in [4.78, 5) is 5.49. The number of hydrogen-bond donors (Lipinski definition) is 1. The smallest absolute Gasteiger partial charge is 0.0896 e. The number of rotatable bonds is 3. The summed E-state index contributed by atoms with van der Waals surface area (Å²) in [5, 5.41) is 1.13. The third-order valence-electron chi connectivity index (χ3n) is 1.96. The van der Waals surface area contributed by atoms with Gasteiger partial charge in [0.15, 0.2) is 0 Å². The molecule has 0 aromatic carbocycles. The lowest BCUT2D eigenvalue weighted by molar-refractivity contribution is 0.493. The van der Waals surface area contributed by atoms with Crippen molar-refractivity contribution >= 4 is 11.3 Å². The molecule has 1 atom stereocenters. The molecule has 0 fully saturated rings. The van der Waals surface area contributed by atoms with Crippen LogP contribution in [0.2, 0.25) is 0 Å². The summed E-state index contributed by atoms with van der Waals surface area (Å²) in [5.41, 5.74) is 5.94. The number of aromatic nitrogens is 1. The van der Waals surface area contributed by atoms with E-state index in [0.29, 0.717) is 5.92 Å². The average molecular weight is 184 g/mol. The second-order valence-electron chi connectivity index (χ2n) is 3.46. The van der Waals surface area contributed by atoms with Crippen LogP contribution in [0.3, 0.4) is 0 Å². The summed E-state index contributed by atoms with van der Waals surface area (Å²) in [7, 11) is 0. The molecule has 1 unspecified atom stereocenters. The largest absolute Gasteiger partial charge is 0.327 e. The predicted octanol–water partition coefficient (Wildman–Crippen LogP) is 1.98. The maximum absolute atomic E-state index is 5.94. The molecule has 1 aromatic rings. The highest BCUT2D eigenvalue weighted by Crippen LogP contribution is 2.15. The molecule has 2 nitrogen and oxygen atoms in total. The van der Waals surface area contributed by atoms with Gasteiger partial charge in [0.2, 0.25) is 0 Å². The van der Waals surface area contributed by atoms with Crippen LogP contribution in [0, 0.1) is 12.8 Å². The first-order chi connectivity index (χ1) is 5.59. The van der Waals surface area contributed by atoms with E-state index in [9.17, 15) is 0 Å². The fraction of sp³-hybridized carbons (Fsp3) is 0.667. The van der Waals surface area contributed by atoms with Crippen molar-refractivity contribution in [2.45, 2.75) is 33.2 Å². The molecular weight excluding hydrogens is 168 g/mol. The highest BCUT2D eigenvalue weighted by Gasteiger charge is 2.09. The van der Waals surface area contributed by atoms with Gasteiger partial charge in [0, 0.05) is 17.1 Å². The van der Waals surface area contributed by atoms with Gasteiger partial charge in [-0.3, -0.25) is 0 Å². The van der Waals surface area contributed by atoms with Gasteiger partial charge in [0.25, 0.3) is 0 Å². The third kappa shape index (κ3) is 2.57. The van der Waals surface area contributed by atoms with E-state index in [4.69, 9.17) is 5.73 Å². The standard InChI is InChI=1S/C9H16N2S/c1-6(2)9(10)4-8-5-11-7(3)12-8/h5-6,9H,4,10H2,1-3H3. The average Bonchev–Trinajstić information content (AvgIpc) is 2.35. The first-order valence-corrected chi connectivity index (χ1v) is 5.08. The second kappa shape index (κ2) is 4.01. The third-order valence-corrected chi connectivity index (χ3v) is 2.90. The molecule has 12 heavy (non-hydrogen) atoms. The van der Waals surface area contributed by atoms with Crippen molar-refractivity contribution < 1.29 is 0 Å². The Balaban J connectivity index is 2.52. The zero-order valence-electron chi connectivity index (χ0n) is 7.87. The Bertz CT molecular complexity index is 242. The molecular formula is C9H16N2S. The zero-order chi connectivity index (χ0) is 9.14. The lowest BCUT2D eigenvalue weighted by atomic mass is 10.0. The normalized spacial score (nSPS) is 13.8. The first kappa shape index (κ1) is 9.68. The lowest BCUT2D eigenvalue weighted by Gasteiger charge is -2.13. The Hall–Kier alpha value is -0.410. The second-order valence-corrected chi connectivity index (χ2v) is 4.78. The van der Waals surface area contributed by atoms with Crippen LogP contribution in [0.1, 0.15) is 23.7 Å². The summed E-state index contributed by atoms with van der Waals surface area (Å²) < 4.78 is 0. The molecule has 0 bridgehead atoms. The van der Waals surface area contributed by atoms with E-state index in [1.807, 2.05) is 13.1 Å².